The Morgan fingerprint density at radius 2 is 2.00 bits per heavy atom. The minimum atomic E-state index is -3.87. The molecule has 0 aliphatic rings. The number of nitrogens with one attached hydrogen (secondary N) is 1. The summed E-state index contributed by atoms with van der Waals surface area (Å²) in [6, 6.07) is 6.20. The number of ether oxygens (including phenoxy) is 1. The van der Waals surface area contributed by atoms with Crippen molar-refractivity contribution < 1.29 is 17.9 Å². The molecule has 8 heteroatoms. The number of benzene rings is 1. The van der Waals surface area contributed by atoms with Gasteiger partial charge in [-0.1, -0.05) is 12.1 Å². The van der Waals surface area contributed by atoms with E-state index in [1.807, 2.05) is 0 Å². The summed E-state index contributed by atoms with van der Waals surface area (Å²) < 4.78 is 33.2. The van der Waals surface area contributed by atoms with Crippen molar-refractivity contribution >= 4 is 21.7 Å². The first kappa shape index (κ1) is 15.0. The van der Waals surface area contributed by atoms with Crippen LogP contribution in [0.15, 0.2) is 35.5 Å². The van der Waals surface area contributed by atoms with Crippen molar-refractivity contribution in [3.63, 3.8) is 0 Å². The second kappa shape index (κ2) is 5.57. The number of hydrogen-bond acceptors (Lipinski definition) is 5. The molecule has 1 aromatic heterocycles. The van der Waals surface area contributed by atoms with Crippen molar-refractivity contribution in [3.05, 3.63) is 41.9 Å². The highest BCUT2D eigenvalue weighted by molar-refractivity contribution is 7.92. The lowest BCUT2D eigenvalue weighted by Crippen LogP contribution is -2.16. The standard InChI is InChI=1S/C13H15N3O4S/c1-9-14-12(8-16(9)2)21(18,19)15-11-7-5-4-6-10(11)13(17)20-3/h4-8,15H,1-3H3. The van der Waals surface area contributed by atoms with Gasteiger partial charge in [0.15, 0.2) is 5.03 Å². The monoisotopic (exact) mass is 309 g/mol. The Balaban J connectivity index is 2.40. The smallest absolute Gasteiger partial charge is 0.339 e. The SMILES string of the molecule is COC(=O)c1ccccc1NS(=O)(=O)c1cn(C)c(C)n1. The van der Waals surface area contributed by atoms with E-state index in [2.05, 4.69) is 14.4 Å². The van der Waals surface area contributed by atoms with E-state index in [0.29, 0.717) is 5.82 Å². The summed E-state index contributed by atoms with van der Waals surface area (Å²) in [5.74, 6) is -0.0536. The van der Waals surface area contributed by atoms with Gasteiger partial charge in [0.05, 0.1) is 18.4 Å². The number of hydrogen-bond donors (Lipinski definition) is 1. The highest BCUT2D eigenvalue weighted by Gasteiger charge is 2.21. The largest absolute Gasteiger partial charge is 0.465 e. The van der Waals surface area contributed by atoms with E-state index < -0.39 is 16.0 Å². The van der Waals surface area contributed by atoms with Crippen LogP contribution in [0.4, 0.5) is 5.69 Å². The molecule has 0 amide bonds. The van der Waals surface area contributed by atoms with Crippen LogP contribution < -0.4 is 4.72 Å². The molecule has 0 unspecified atom stereocenters. The molecule has 0 bridgehead atoms. The summed E-state index contributed by atoms with van der Waals surface area (Å²) in [5.41, 5.74) is 0.281. The topological polar surface area (TPSA) is 90.3 Å². The van der Waals surface area contributed by atoms with Gasteiger partial charge in [0, 0.05) is 13.2 Å². The zero-order valence-electron chi connectivity index (χ0n) is 11.8. The number of sulfonamides is 1. The third kappa shape index (κ3) is 3.05. The normalized spacial score (nSPS) is 11.2. The number of nitrogens with zero attached hydrogens (tertiary/aromatic N) is 2. The highest BCUT2D eigenvalue weighted by Crippen LogP contribution is 2.20. The zero-order valence-corrected chi connectivity index (χ0v) is 12.6. The van der Waals surface area contributed by atoms with Crippen molar-refractivity contribution in [3.8, 4) is 0 Å². The van der Waals surface area contributed by atoms with Crippen molar-refractivity contribution in [1.29, 1.82) is 0 Å². The molecule has 21 heavy (non-hydrogen) atoms. The molecule has 2 rings (SSSR count). The lowest BCUT2D eigenvalue weighted by molar-refractivity contribution is 0.0602. The number of methoxy groups -OCH3 is 1. The molecule has 0 saturated carbocycles. The number of esters is 1. The fourth-order valence-electron chi connectivity index (χ4n) is 1.71. The average Bonchev–Trinajstić information content (AvgIpc) is 2.79. The summed E-state index contributed by atoms with van der Waals surface area (Å²) in [6.45, 7) is 1.70. The minimum absolute atomic E-state index is 0.109. The van der Waals surface area contributed by atoms with Crippen molar-refractivity contribution in [2.24, 2.45) is 7.05 Å². The third-order valence-electron chi connectivity index (χ3n) is 2.94. The fourth-order valence-corrected chi connectivity index (χ4v) is 2.83. The van der Waals surface area contributed by atoms with Crippen LogP contribution in [0.1, 0.15) is 16.2 Å². The Hall–Kier alpha value is -2.35. The summed E-state index contributed by atoms with van der Waals surface area (Å²) in [5, 5.41) is -0.109. The van der Waals surface area contributed by atoms with Crippen LogP contribution in [-0.4, -0.2) is 31.0 Å². The number of anilines is 1. The van der Waals surface area contributed by atoms with Crippen LogP contribution in [0.5, 0.6) is 0 Å². The van der Waals surface area contributed by atoms with Crippen LogP contribution in [-0.2, 0) is 21.8 Å². The van der Waals surface area contributed by atoms with Gasteiger partial charge < -0.3 is 9.30 Å². The van der Waals surface area contributed by atoms with Gasteiger partial charge in [0.1, 0.15) is 5.82 Å². The first-order chi connectivity index (χ1) is 9.85. The Morgan fingerprint density at radius 3 is 2.57 bits per heavy atom. The van der Waals surface area contributed by atoms with Gasteiger partial charge >= 0.3 is 5.97 Å². The predicted octanol–water partition coefficient (Wildman–Crippen LogP) is 1.32. The Labute approximate surface area is 122 Å². The van der Waals surface area contributed by atoms with Gasteiger partial charge in [0.25, 0.3) is 10.0 Å². The lowest BCUT2D eigenvalue weighted by atomic mass is 10.2. The molecule has 112 valence electrons. The molecule has 7 nitrogen and oxygen atoms in total. The molecule has 1 N–H and O–H groups in total. The molecular weight excluding hydrogens is 294 g/mol. The van der Waals surface area contributed by atoms with Crippen LogP contribution in [0, 0.1) is 6.92 Å². The second-order valence-corrected chi connectivity index (χ2v) is 6.01. The Kier molecular flexibility index (Phi) is 3.99. The Bertz CT molecular complexity index is 761. The Morgan fingerprint density at radius 1 is 1.33 bits per heavy atom. The molecular formula is C13H15N3O4S. The molecule has 2 aromatic rings. The quantitative estimate of drug-likeness (QED) is 0.860. The maximum Gasteiger partial charge on any atom is 0.339 e. The number of aryl methyl sites for hydroxylation is 2. The first-order valence-corrected chi connectivity index (χ1v) is 7.53. The number of carbonyl (C=O) groups excluding carboxylic acids is 1. The van der Waals surface area contributed by atoms with Gasteiger partial charge in [-0.3, -0.25) is 4.72 Å². The van der Waals surface area contributed by atoms with Gasteiger partial charge in [-0.25, -0.2) is 9.78 Å². The molecule has 0 radical (unpaired) electrons. The van der Waals surface area contributed by atoms with Gasteiger partial charge in [-0.15, -0.1) is 0 Å². The van der Waals surface area contributed by atoms with Gasteiger partial charge in [-0.2, -0.15) is 8.42 Å². The van der Waals surface area contributed by atoms with E-state index in [1.54, 1.807) is 30.7 Å². The van der Waals surface area contributed by atoms with Crippen molar-refractivity contribution in [1.82, 2.24) is 9.55 Å². The number of imidazole rings is 1. The van der Waals surface area contributed by atoms with Gasteiger partial charge in [0.2, 0.25) is 0 Å². The van der Waals surface area contributed by atoms with E-state index in [1.165, 1.54) is 25.4 Å². The van der Waals surface area contributed by atoms with Crippen LogP contribution >= 0.6 is 0 Å². The van der Waals surface area contributed by atoms with E-state index in [-0.39, 0.29) is 16.3 Å². The molecule has 0 spiro atoms. The lowest BCUT2D eigenvalue weighted by Gasteiger charge is -2.09. The molecule has 1 heterocycles. The molecule has 0 aliphatic carbocycles. The number of aromatic nitrogens is 2. The summed E-state index contributed by atoms with van der Waals surface area (Å²) in [7, 11) is -0.939. The van der Waals surface area contributed by atoms with Crippen LogP contribution in [0.2, 0.25) is 0 Å². The summed E-state index contributed by atoms with van der Waals surface area (Å²) >= 11 is 0. The molecule has 0 aliphatic heterocycles. The van der Waals surface area contributed by atoms with Crippen molar-refractivity contribution in [2.45, 2.75) is 11.9 Å². The van der Waals surface area contributed by atoms with E-state index in [4.69, 9.17) is 0 Å². The second-order valence-electron chi connectivity index (χ2n) is 4.38. The maximum absolute atomic E-state index is 12.3. The minimum Gasteiger partial charge on any atom is -0.465 e. The van der Waals surface area contributed by atoms with E-state index in [0.717, 1.165) is 0 Å². The van der Waals surface area contributed by atoms with E-state index in [9.17, 15) is 13.2 Å². The zero-order chi connectivity index (χ0) is 15.6. The fraction of sp³-hybridized carbons (Fsp3) is 0.231. The number of rotatable bonds is 4. The first-order valence-electron chi connectivity index (χ1n) is 6.05. The summed E-state index contributed by atoms with van der Waals surface area (Å²) in [6.07, 6.45) is 1.40. The number of carbonyl (C=O) groups is 1. The predicted molar refractivity (Wildman–Crippen MR) is 76.5 cm³/mol. The molecule has 0 saturated heterocycles. The molecule has 0 atom stereocenters. The van der Waals surface area contributed by atoms with Crippen LogP contribution in [0.3, 0.4) is 0 Å². The van der Waals surface area contributed by atoms with Crippen molar-refractivity contribution in [2.75, 3.05) is 11.8 Å². The molecule has 0 fully saturated rings. The maximum atomic E-state index is 12.3. The van der Waals surface area contributed by atoms with Gasteiger partial charge in [-0.05, 0) is 19.1 Å². The third-order valence-corrected chi connectivity index (χ3v) is 4.17. The molecule has 1 aromatic carbocycles. The average molecular weight is 309 g/mol. The summed E-state index contributed by atoms with van der Waals surface area (Å²) in [4.78, 5) is 15.6. The highest BCUT2D eigenvalue weighted by atomic mass is 32.2. The van der Waals surface area contributed by atoms with E-state index >= 15 is 0 Å². The van der Waals surface area contributed by atoms with Crippen LogP contribution in [0.25, 0.3) is 0 Å². The number of para-hydroxylation sites is 1.